The van der Waals surface area contributed by atoms with E-state index in [1.54, 1.807) is 18.2 Å². The minimum Gasteiger partial charge on any atom is -0.368 e. The summed E-state index contributed by atoms with van der Waals surface area (Å²) in [5, 5.41) is 0. The van der Waals surface area contributed by atoms with Gasteiger partial charge >= 0.3 is 0 Å². The van der Waals surface area contributed by atoms with Gasteiger partial charge in [0.15, 0.2) is 0 Å². The largest absolute Gasteiger partial charge is 0.368 e. The topological polar surface area (TPSA) is 23.6 Å². The zero-order valence-corrected chi connectivity index (χ0v) is 15.5. The van der Waals surface area contributed by atoms with E-state index in [9.17, 15) is 9.18 Å². The lowest BCUT2D eigenvalue weighted by Gasteiger charge is -2.37. The Labute approximate surface area is 152 Å². The molecule has 0 aromatic heterocycles. The van der Waals surface area contributed by atoms with Crippen molar-refractivity contribution in [3.63, 3.8) is 0 Å². The third-order valence-electron chi connectivity index (χ3n) is 4.74. The number of halogens is 1. The average Bonchev–Trinajstić information content (AvgIpc) is 2.63. The number of benzene rings is 2. The molecule has 1 aliphatic rings. The van der Waals surface area contributed by atoms with Crippen LogP contribution in [0.25, 0.3) is 0 Å². The van der Waals surface area contributed by atoms with Gasteiger partial charge in [-0.2, -0.15) is 0 Å². The maximum atomic E-state index is 13.6. The summed E-state index contributed by atoms with van der Waals surface area (Å²) in [5.74, 6) is 0.0960. The molecule has 3 nitrogen and oxygen atoms in total. The molecule has 1 fully saturated rings. The molecule has 0 radical (unpaired) electrons. The van der Waals surface area contributed by atoms with Gasteiger partial charge in [0.2, 0.25) is 5.91 Å². The Kier molecular flexibility index (Phi) is 5.63. The average molecular weight is 358 g/mol. The van der Waals surface area contributed by atoms with Gasteiger partial charge in [0.25, 0.3) is 0 Å². The molecule has 3 rings (SSSR count). The number of carbonyl (C=O) groups excluding carboxylic acids is 1. The number of anilines is 1. The predicted molar refractivity (Wildman–Crippen MR) is 102 cm³/mol. The monoisotopic (exact) mass is 358 g/mol. The first kappa shape index (κ1) is 17.8. The Morgan fingerprint density at radius 3 is 2.48 bits per heavy atom. The zero-order valence-electron chi connectivity index (χ0n) is 14.7. The van der Waals surface area contributed by atoms with Crippen LogP contribution >= 0.6 is 11.8 Å². The molecule has 0 spiro atoms. The van der Waals surface area contributed by atoms with Crippen molar-refractivity contribution in [1.82, 2.24) is 4.90 Å². The molecule has 0 N–H and O–H groups in total. The van der Waals surface area contributed by atoms with Gasteiger partial charge in [0.05, 0.1) is 5.75 Å². The second-order valence-electron chi connectivity index (χ2n) is 6.31. The number of aryl methyl sites for hydroxylation is 1. The minimum atomic E-state index is -0.264. The summed E-state index contributed by atoms with van der Waals surface area (Å²) in [5.41, 5.74) is 3.85. The number of rotatable bonds is 4. The molecule has 0 unspecified atom stereocenters. The van der Waals surface area contributed by atoms with Crippen LogP contribution in [0.2, 0.25) is 0 Å². The number of piperazine rings is 1. The maximum Gasteiger partial charge on any atom is 0.233 e. The third-order valence-corrected chi connectivity index (χ3v) is 5.77. The number of thioether (sulfide) groups is 1. The smallest absolute Gasteiger partial charge is 0.233 e. The van der Waals surface area contributed by atoms with Crippen LogP contribution in [-0.2, 0) is 4.79 Å². The summed E-state index contributed by atoms with van der Waals surface area (Å²) in [6.07, 6.45) is 0. The summed E-state index contributed by atoms with van der Waals surface area (Å²) >= 11 is 1.27. The van der Waals surface area contributed by atoms with Gasteiger partial charge in [-0.25, -0.2) is 4.39 Å². The van der Waals surface area contributed by atoms with Gasteiger partial charge < -0.3 is 9.80 Å². The first-order chi connectivity index (χ1) is 12.1. The third kappa shape index (κ3) is 4.15. The SMILES string of the molecule is Cc1cccc(N2CCN(C(=O)CSc3ccccc3F)CC2)c1C. The molecule has 5 heteroatoms. The highest BCUT2D eigenvalue weighted by Crippen LogP contribution is 2.25. The quantitative estimate of drug-likeness (QED) is 0.775. The number of nitrogens with zero attached hydrogens (tertiary/aromatic N) is 2. The fourth-order valence-corrected chi connectivity index (χ4v) is 3.91. The van der Waals surface area contributed by atoms with Gasteiger partial charge in [-0.15, -0.1) is 11.8 Å². The molecule has 2 aromatic carbocycles. The van der Waals surface area contributed by atoms with Crippen LogP contribution in [0.1, 0.15) is 11.1 Å². The highest BCUT2D eigenvalue weighted by atomic mass is 32.2. The molecule has 0 atom stereocenters. The normalized spacial score (nSPS) is 14.7. The Bertz CT molecular complexity index is 757. The predicted octanol–water partition coefficient (Wildman–Crippen LogP) is 3.88. The standard InChI is InChI=1S/C20H23FN2OS/c1-15-6-5-8-18(16(15)2)22-10-12-23(13-11-22)20(24)14-25-19-9-4-3-7-17(19)21/h3-9H,10-14H2,1-2H3. The van der Waals surface area contributed by atoms with Crippen LogP contribution in [0.4, 0.5) is 10.1 Å². The molecule has 1 heterocycles. The van der Waals surface area contributed by atoms with Crippen molar-refractivity contribution in [2.75, 3.05) is 36.8 Å². The van der Waals surface area contributed by atoms with Crippen molar-refractivity contribution < 1.29 is 9.18 Å². The lowest BCUT2D eigenvalue weighted by atomic mass is 10.1. The molecule has 0 bridgehead atoms. The first-order valence-corrected chi connectivity index (χ1v) is 9.51. The summed E-state index contributed by atoms with van der Waals surface area (Å²) < 4.78 is 13.6. The van der Waals surface area contributed by atoms with Crippen molar-refractivity contribution in [3.05, 3.63) is 59.4 Å². The molecule has 132 valence electrons. The summed E-state index contributed by atoms with van der Waals surface area (Å²) in [6, 6.07) is 12.9. The van der Waals surface area contributed by atoms with E-state index in [-0.39, 0.29) is 17.5 Å². The van der Waals surface area contributed by atoms with Crippen molar-refractivity contribution in [1.29, 1.82) is 0 Å². The molecule has 1 amide bonds. The second-order valence-corrected chi connectivity index (χ2v) is 7.32. The Morgan fingerprint density at radius 2 is 1.76 bits per heavy atom. The minimum absolute atomic E-state index is 0.0777. The molecule has 1 saturated heterocycles. The number of hydrogen-bond acceptors (Lipinski definition) is 3. The lowest BCUT2D eigenvalue weighted by molar-refractivity contribution is -0.128. The molecular weight excluding hydrogens is 335 g/mol. The molecule has 2 aromatic rings. The first-order valence-electron chi connectivity index (χ1n) is 8.52. The van der Waals surface area contributed by atoms with E-state index in [1.807, 2.05) is 4.90 Å². The fourth-order valence-electron chi connectivity index (χ4n) is 3.07. The van der Waals surface area contributed by atoms with E-state index in [2.05, 4.69) is 36.9 Å². The van der Waals surface area contributed by atoms with Crippen molar-refractivity contribution in [3.8, 4) is 0 Å². The van der Waals surface area contributed by atoms with E-state index < -0.39 is 0 Å². The van der Waals surface area contributed by atoms with E-state index >= 15 is 0 Å². The van der Waals surface area contributed by atoms with Crippen LogP contribution in [0.3, 0.4) is 0 Å². The second kappa shape index (κ2) is 7.91. The van der Waals surface area contributed by atoms with Crippen LogP contribution in [0, 0.1) is 19.7 Å². The highest BCUT2D eigenvalue weighted by Gasteiger charge is 2.22. The number of amides is 1. The van der Waals surface area contributed by atoms with E-state index in [4.69, 9.17) is 0 Å². The lowest BCUT2D eigenvalue weighted by Crippen LogP contribution is -2.49. The van der Waals surface area contributed by atoms with E-state index in [0.29, 0.717) is 18.0 Å². The van der Waals surface area contributed by atoms with Crippen molar-refractivity contribution in [2.24, 2.45) is 0 Å². The highest BCUT2D eigenvalue weighted by molar-refractivity contribution is 8.00. The van der Waals surface area contributed by atoms with Crippen LogP contribution in [0.5, 0.6) is 0 Å². The maximum absolute atomic E-state index is 13.6. The van der Waals surface area contributed by atoms with Crippen molar-refractivity contribution in [2.45, 2.75) is 18.7 Å². The number of hydrogen-bond donors (Lipinski definition) is 0. The molecule has 0 saturated carbocycles. The van der Waals surface area contributed by atoms with Gasteiger partial charge in [-0.3, -0.25) is 4.79 Å². The molecule has 0 aliphatic carbocycles. The van der Waals surface area contributed by atoms with Crippen LogP contribution in [-0.4, -0.2) is 42.7 Å². The Balaban J connectivity index is 1.54. The summed E-state index contributed by atoms with van der Waals surface area (Å²) in [4.78, 5) is 17.2. The van der Waals surface area contributed by atoms with E-state index in [1.165, 1.54) is 34.6 Å². The molecule has 25 heavy (non-hydrogen) atoms. The van der Waals surface area contributed by atoms with Gasteiger partial charge in [-0.05, 0) is 43.2 Å². The summed E-state index contributed by atoms with van der Waals surface area (Å²) in [7, 11) is 0. The number of carbonyl (C=O) groups is 1. The van der Waals surface area contributed by atoms with Crippen LogP contribution in [0.15, 0.2) is 47.4 Å². The van der Waals surface area contributed by atoms with E-state index in [0.717, 1.165) is 13.1 Å². The molecular formula is C20H23FN2OS. The Morgan fingerprint density at radius 1 is 1.04 bits per heavy atom. The zero-order chi connectivity index (χ0) is 17.8. The van der Waals surface area contributed by atoms with Gasteiger partial charge in [-0.1, -0.05) is 24.3 Å². The molecule has 1 aliphatic heterocycles. The summed E-state index contributed by atoms with van der Waals surface area (Å²) in [6.45, 7) is 7.36. The Hall–Kier alpha value is -2.01. The van der Waals surface area contributed by atoms with Crippen LogP contribution < -0.4 is 4.90 Å². The fraction of sp³-hybridized carbons (Fsp3) is 0.350. The van der Waals surface area contributed by atoms with Gasteiger partial charge in [0, 0.05) is 36.8 Å². The van der Waals surface area contributed by atoms with Gasteiger partial charge in [0.1, 0.15) is 5.82 Å². The van der Waals surface area contributed by atoms with Crippen molar-refractivity contribution >= 4 is 23.4 Å².